The highest BCUT2D eigenvalue weighted by atomic mass is 16.5. The Labute approximate surface area is 287 Å². The number of ether oxygens (including phenoxy) is 2. The molecule has 4 aromatic rings. The fourth-order valence-corrected chi connectivity index (χ4v) is 5.60. The largest absolute Gasteiger partial charge is 0.507 e. The molecule has 4 aromatic carbocycles. The highest BCUT2D eigenvalue weighted by molar-refractivity contribution is 5.86. The first-order chi connectivity index (χ1) is 22.5. The average Bonchev–Trinajstić information content (AvgIpc) is 3.00. The molecule has 6 nitrogen and oxygen atoms in total. The number of nitrogens with zero attached hydrogens (tertiary/aromatic N) is 2. The van der Waals surface area contributed by atoms with E-state index < -0.39 is 12.1 Å². The van der Waals surface area contributed by atoms with Gasteiger partial charge in [0, 0.05) is 34.7 Å². The quantitative estimate of drug-likeness (QED) is 0.159. The summed E-state index contributed by atoms with van der Waals surface area (Å²) in [6.07, 6.45) is 3.40. The maximum absolute atomic E-state index is 11.5. The molecule has 0 bridgehead atoms. The molecule has 0 aliphatic rings. The first-order valence-corrected chi connectivity index (χ1v) is 16.8. The third-order valence-corrected chi connectivity index (χ3v) is 7.92. The molecular formula is C42H52N2O4. The number of aliphatic imine (C=N–C) groups is 2. The van der Waals surface area contributed by atoms with Crippen molar-refractivity contribution in [3.63, 3.8) is 0 Å². The van der Waals surface area contributed by atoms with Gasteiger partial charge in [0.05, 0.1) is 12.2 Å². The van der Waals surface area contributed by atoms with E-state index in [4.69, 9.17) is 19.5 Å². The highest BCUT2D eigenvalue weighted by Gasteiger charge is 2.26. The standard InChI is InChI=1S/C42H52N2O4/c1-27(2)47-33-21-31(39(45)35(23-33)41(5,6)7)25-43-37(29-17-13-11-14-18-29)38(30-19-15-12-16-20-30)44-26-32-22-34(48-28(3)4)24-36(40(32)46)42(8,9)10/h11-28,37-38,45-46H,1-10H3. The predicted molar refractivity (Wildman–Crippen MR) is 199 cm³/mol. The number of hydrogen-bond acceptors (Lipinski definition) is 6. The molecule has 0 aliphatic heterocycles. The fraction of sp³-hybridized carbons (Fsp3) is 0.381. The van der Waals surface area contributed by atoms with Crippen LogP contribution in [0.2, 0.25) is 0 Å². The first-order valence-electron chi connectivity index (χ1n) is 16.8. The van der Waals surface area contributed by atoms with E-state index in [-0.39, 0.29) is 34.5 Å². The lowest BCUT2D eigenvalue weighted by atomic mass is 9.85. The van der Waals surface area contributed by atoms with E-state index in [1.165, 1.54) is 0 Å². The van der Waals surface area contributed by atoms with Crippen molar-refractivity contribution in [1.29, 1.82) is 0 Å². The maximum atomic E-state index is 11.5. The summed E-state index contributed by atoms with van der Waals surface area (Å²) < 4.78 is 12.2. The van der Waals surface area contributed by atoms with Gasteiger partial charge in [0.15, 0.2) is 0 Å². The molecule has 0 aliphatic carbocycles. The van der Waals surface area contributed by atoms with E-state index in [0.717, 1.165) is 22.3 Å². The van der Waals surface area contributed by atoms with E-state index in [9.17, 15) is 10.2 Å². The molecule has 0 spiro atoms. The lowest BCUT2D eigenvalue weighted by molar-refractivity contribution is 0.241. The van der Waals surface area contributed by atoms with Crippen LogP contribution in [0.15, 0.2) is 94.9 Å². The minimum atomic E-state index is -0.462. The number of phenols is 2. The summed E-state index contributed by atoms with van der Waals surface area (Å²) in [7, 11) is 0. The summed E-state index contributed by atoms with van der Waals surface area (Å²) in [5.41, 5.74) is 3.99. The Bertz CT molecular complexity index is 1580. The molecule has 254 valence electrons. The number of aromatic hydroxyl groups is 2. The van der Waals surface area contributed by atoms with Crippen LogP contribution in [-0.2, 0) is 10.8 Å². The molecule has 48 heavy (non-hydrogen) atoms. The van der Waals surface area contributed by atoms with Gasteiger partial charge in [0.1, 0.15) is 35.1 Å². The van der Waals surface area contributed by atoms with Crippen molar-refractivity contribution < 1.29 is 19.7 Å². The van der Waals surface area contributed by atoms with Crippen LogP contribution in [0, 0.1) is 0 Å². The minimum absolute atomic E-state index is 0.0272. The number of rotatable bonds is 11. The predicted octanol–water partition coefficient (Wildman–Crippen LogP) is 10.3. The average molecular weight is 649 g/mol. The Morgan fingerprint density at radius 1 is 0.542 bits per heavy atom. The smallest absolute Gasteiger partial charge is 0.128 e. The van der Waals surface area contributed by atoms with Crippen LogP contribution >= 0.6 is 0 Å². The molecule has 6 heteroatoms. The van der Waals surface area contributed by atoms with Gasteiger partial charge in [-0.25, -0.2) is 0 Å². The SMILES string of the molecule is CC(C)Oc1cc(C=NC(c2ccccc2)C(N=Cc2cc(OC(C)C)cc(C(C)(C)C)c2O)c2ccccc2)c(O)c(C(C)(C)C)c1. The van der Waals surface area contributed by atoms with Crippen molar-refractivity contribution in [2.45, 2.75) is 104 Å². The zero-order chi connectivity index (χ0) is 35.2. The summed E-state index contributed by atoms with van der Waals surface area (Å²) in [5, 5.41) is 22.9. The van der Waals surface area contributed by atoms with Gasteiger partial charge in [-0.15, -0.1) is 0 Å². The summed E-state index contributed by atoms with van der Waals surface area (Å²) in [5.74, 6) is 1.71. The third-order valence-electron chi connectivity index (χ3n) is 7.92. The summed E-state index contributed by atoms with van der Waals surface area (Å²) in [4.78, 5) is 10.3. The van der Waals surface area contributed by atoms with Gasteiger partial charge in [0.25, 0.3) is 0 Å². The summed E-state index contributed by atoms with van der Waals surface area (Å²) >= 11 is 0. The molecule has 2 N–H and O–H groups in total. The van der Waals surface area contributed by atoms with Gasteiger partial charge in [-0.05, 0) is 73.9 Å². The molecule has 2 atom stereocenters. The van der Waals surface area contributed by atoms with Crippen LogP contribution in [0.4, 0.5) is 0 Å². The van der Waals surface area contributed by atoms with Gasteiger partial charge < -0.3 is 19.7 Å². The minimum Gasteiger partial charge on any atom is -0.507 e. The monoisotopic (exact) mass is 648 g/mol. The van der Waals surface area contributed by atoms with Crippen molar-refractivity contribution in [2.24, 2.45) is 9.98 Å². The topological polar surface area (TPSA) is 83.6 Å². The highest BCUT2D eigenvalue weighted by Crippen LogP contribution is 2.40. The van der Waals surface area contributed by atoms with Gasteiger partial charge in [-0.3, -0.25) is 9.98 Å². The second-order valence-electron chi connectivity index (χ2n) is 14.9. The van der Waals surface area contributed by atoms with Gasteiger partial charge >= 0.3 is 0 Å². The second-order valence-corrected chi connectivity index (χ2v) is 14.9. The number of hydrogen-bond donors (Lipinski definition) is 2. The van der Waals surface area contributed by atoms with E-state index >= 15 is 0 Å². The zero-order valence-corrected chi connectivity index (χ0v) is 30.2. The molecule has 0 amide bonds. The van der Waals surface area contributed by atoms with Crippen LogP contribution in [0.5, 0.6) is 23.0 Å². The Kier molecular flexibility index (Phi) is 11.4. The molecule has 0 fully saturated rings. The Morgan fingerprint density at radius 2 is 0.875 bits per heavy atom. The van der Waals surface area contributed by atoms with E-state index in [1.807, 2.05) is 113 Å². The molecule has 2 unspecified atom stereocenters. The van der Waals surface area contributed by atoms with Crippen molar-refractivity contribution in [1.82, 2.24) is 0 Å². The van der Waals surface area contributed by atoms with Crippen LogP contribution < -0.4 is 9.47 Å². The van der Waals surface area contributed by atoms with Crippen molar-refractivity contribution >= 4 is 12.4 Å². The van der Waals surface area contributed by atoms with Crippen molar-refractivity contribution in [3.8, 4) is 23.0 Å². The molecule has 0 saturated carbocycles. The Balaban J connectivity index is 1.90. The third kappa shape index (κ3) is 9.27. The van der Waals surface area contributed by atoms with Crippen LogP contribution in [0.3, 0.4) is 0 Å². The Morgan fingerprint density at radius 3 is 1.17 bits per heavy atom. The van der Waals surface area contributed by atoms with Gasteiger partial charge in [0.2, 0.25) is 0 Å². The molecule has 0 heterocycles. The Hall–Kier alpha value is -4.58. The lowest BCUT2D eigenvalue weighted by Crippen LogP contribution is -2.14. The van der Waals surface area contributed by atoms with Gasteiger partial charge in [-0.1, -0.05) is 102 Å². The number of benzene rings is 4. The zero-order valence-electron chi connectivity index (χ0n) is 30.2. The lowest BCUT2D eigenvalue weighted by Gasteiger charge is -2.25. The molecular weight excluding hydrogens is 596 g/mol. The van der Waals surface area contributed by atoms with Crippen molar-refractivity contribution in [2.75, 3.05) is 0 Å². The normalized spacial score (nSPS) is 13.8. The fourth-order valence-electron chi connectivity index (χ4n) is 5.60. The van der Waals surface area contributed by atoms with E-state index in [0.29, 0.717) is 22.6 Å². The molecule has 0 saturated heterocycles. The molecule has 0 aromatic heterocycles. The van der Waals surface area contributed by atoms with E-state index in [2.05, 4.69) is 41.5 Å². The second kappa shape index (κ2) is 15.1. The summed E-state index contributed by atoms with van der Waals surface area (Å²) in [6, 6.07) is 26.6. The van der Waals surface area contributed by atoms with Crippen LogP contribution in [-0.4, -0.2) is 34.9 Å². The van der Waals surface area contributed by atoms with Gasteiger partial charge in [-0.2, -0.15) is 0 Å². The molecule has 0 radical (unpaired) electrons. The summed E-state index contributed by atoms with van der Waals surface area (Å²) in [6.45, 7) is 20.3. The van der Waals surface area contributed by atoms with E-state index in [1.54, 1.807) is 12.4 Å². The first kappa shape index (κ1) is 36.3. The van der Waals surface area contributed by atoms with Crippen LogP contribution in [0.25, 0.3) is 0 Å². The van der Waals surface area contributed by atoms with Crippen molar-refractivity contribution in [3.05, 3.63) is 118 Å². The number of phenolic OH excluding ortho intramolecular Hbond substituents is 2. The molecule has 4 rings (SSSR count). The van der Waals surface area contributed by atoms with Crippen LogP contribution in [0.1, 0.15) is 115 Å². The maximum Gasteiger partial charge on any atom is 0.128 e.